The quantitative estimate of drug-likeness (QED) is 0.723. The average Bonchev–Trinajstić information content (AvgIpc) is 2.63. The molecule has 6 heteroatoms. The Kier molecular flexibility index (Phi) is 1.95. The number of aromatic amines is 1. The summed E-state index contributed by atoms with van der Waals surface area (Å²) in [5, 5.41) is 3.00. The highest BCUT2D eigenvalue weighted by Crippen LogP contribution is 2.18. The summed E-state index contributed by atoms with van der Waals surface area (Å²) in [6.07, 6.45) is 1.61. The Morgan fingerprint density at radius 3 is 2.79 bits per heavy atom. The smallest absolute Gasteiger partial charge is 0.228 e. The third-order valence-electron chi connectivity index (χ3n) is 1.91. The zero-order chi connectivity index (χ0) is 10.1. The molecule has 0 aromatic carbocycles. The Hall–Kier alpha value is -1.85. The summed E-state index contributed by atoms with van der Waals surface area (Å²) in [7, 11) is 5.61. The van der Waals surface area contributed by atoms with E-state index in [4.69, 9.17) is 0 Å². The number of hydrogen-bond donors (Lipinski definition) is 2. The van der Waals surface area contributed by atoms with Crippen LogP contribution in [0.15, 0.2) is 6.33 Å². The van der Waals surface area contributed by atoms with E-state index in [1.807, 2.05) is 26.0 Å². The van der Waals surface area contributed by atoms with Gasteiger partial charge in [-0.05, 0) is 0 Å². The fraction of sp³-hybridized carbons (Fsp3) is 0.375. The number of H-pyrrole nitrogens is 1. The summed E-state index contributed by atoms with van der Waals surface area (Å²) >= 11 is 0. The van der Waals surface area contributed by atoms with Crippen LogP contribution in [0.1, 0.15) is 0 Å². The lowest BCUT2D eigenvalue weighted by atomic mass is 10.5. The van der Waals surface area contributed by atoms with Gasteiger partial charge in [0.25, 0.3) is 0 Å². The molecule has 0 bridgehead atoms. The molecule has 0 unspecified atom stereocenters. The largest absolute Gasteiger partial charge is 0.371 e. The predicted octanol–water partition coefficient (Wildman–Crippen LogP) is 0.461. The molecule has 0 fully saturated rings. The van der Waals surface area contributed by atoms with E-state index in [2.05, 4.69) is 25.3 Å². The third-order valence-corrected chi connectivity index (χ3v) is 1.91. The standard InChI is InChI=1S/C8H12N6/c1-9-6-5-7(11-4-10-5)13-8(12-6)14(2)3/h4H,1-3H3,(H2,9,10,11,12,13). The lowest BCUT2D eigenvalue weighted by Crippen LogP contribution is -2.13. The molecule has 0 saturated heterocycles. The van der Waals surface area contributed by atoms with Gasteiger partial charge in [-0.25, -0.2) is 4.98 Å². The summed E-state index contributed by atoms with van der Waals surface area (Å²) < 4.78 is 0. The van der Waals surface area contributed by atoms with Crippen molar-refractivity contribution in [3.8, 4) is 0 Å². The average molecular weight is 192 g/mol. The zero-order valence-corrected chi connectivity index (χ0v) is 8.37. The van der Waals surface area contributed by atoms with Gasteiger partial charge in [-0.1, -0.05) is 0 Å². The van der Waals surface area contributed by atoms with Crippen LogP contribution >= 0.6 is 0 Å². The van der Waals surface area contributed by atoms with Gasteiger partial charge in [0.05, 0.1) is 6.33 Å². The van der Waals surface area contributed by atoms with Gasteiger partial charge >= 0.3 is 0 Å². The van der Waals surface area contributed by atoms with E-state index in [1.165, 1.54) is 0 Å². The zero-order valence-electron chi connectivity index (χ0n) is 8.37. The number of nitrogens with one attached hydrogen (secondary N) is 2. The molecule has 2 heterocycles. The first-order valence-electron chi connectivity index (χ1n) is 4.28. The molecular weight excluding hydrogens is 180 g/mol. The van der Waals surface area contributed by atoms with Crippen molar-refractivity contribution in [2.45, 2.75) is 0 Å². The van der Waals surface area contributed by atoms with E-state index in [1.54, 1.807) is 6.33 Å². The SMILES string of the molecule is CNc1nc(N(C)C)nc2nc[nH]c12. The molecule has 0 aliphatic rings. The van der Waals surface area contributed by atoms with Crippen molar-refractivity contribution >= 4 is 22.9 Å². The fourth-order valence-corrected chi connectivity index (χ4v) is 1.20. The Morgan fingerprint density at radius 1 is 1.36 bits per heavy atom. The van der Waals surface area contributed by atoms with Gasteiger partial charge < -0.3 is 15.2 Å². The monoisotopic (exact) mass is 192 g/mol. The van der Waals surface area contributed by atoms with Gasteiger partial charge in [0.1, 0.15) is 5.52 Å². The normalized spacial score (nSPS) is 10.5. The summed E-state index contributed by atoms with van der Waals surface area (Å²) in [6, 6.07) is 0. The molecule has 0 atom stereocenters. The number of imidazole rings is 1. The molecule has 0 aliphatic heterocycles. The van der Waals surface area contributed by atoms with E-state index in [-0.39, 0.29) is 0 Å². The van der Waals surface area contributed by atoms with Crippen molar-refractivity contribution in [3.05, 3.63) is 6.33 Å². The number of rotatable bonds is 2. The third kappa shape index (κ3) is 1.24. The molecule has 2 aromatic rings. The van der Waals surface area contributed by atoms with Crippen LogP contribution in [0.5, 0.6) is 0 Å². The maximum atomic E-state index is 4.32. The van der Waals surface area contributed by atoms with Crippen LogP contribution in [0, 0.1) is 0 Å². The summed E-state index contributed by atoms with van der Waals surface area (Å²) in [6.45, 7) is 0. The predicted molar refractivity (Wildman–Crippen MR) is 55.6 cm³/mol. The molecule has 0 saturated carbocycles. The highest BCUT2D eigenvalue weighted by Gasteiger charge is 2.09. The van der Waals surface area contributed by atoms with Crippen molar-refractivity contribution in [1.82, 2.24) is 19.9 Å². The topological polar surface area (TPSA) is 69.7 Å². The Morgan fingerprint density at radius 2 is 2.14 bits per heavy atom. The Balaban J connectivity index is 2.67. The number of aromatic nitrogens is 4. The van der Waals surface area contributed by atoms with Crippen LogP contribution in [0.2, 0.25) is 0 Å². The van der Waals surface area contributed by atoms with Crippen LogP contribution < -0.4 is 10.2 Å². The summed E-state index contributed by atoms with van der Waals surface area (Å²) in [5.41, 5.74) is 1.51. The number of hydrogen-bond acceptors (Lipinski definition) is 5. The van der Waals surface area contributed by atoms with Crippen LogP contribution in [-0.2, 0) is 0 Å². The van der Waals surface area contributed by atoms with Gasteiger partial charge in [-0.2, -0.15) is 9.97 Å². The lowest BCUT2D eigenvalue weighted by molar-refractivity contribution is 1.01. The maximum Gasteiger partial charge on any atom is 0.228 e. The van der Waals surface area contributed by atoms with Crippen LogP contribution in [0.3, 0.4) is 0 Å². The molecule has 0 aliphatic carbocycles. The minimum atomic E-state index is 0.647. The van der Waals surface area contributed by atoms with E-state index < -0.39 is 0 Å². The molecule has 74 valence electrons. The van der Waals surface area contributed by atoms with Crippen molar-refractivity contribution in [2.24, 2.45) is 0 Å². The second-order valence-corrected chi connectivity index (χ2v) is 3.12. The van der Waals surface area contributed by atoms with E-state index in [0.29, 0.717) is 11.6 Å². The first-order valence-corrected chi connectivity index (χ1v) is 4.28. The second-order valence-electron chi connectivity index (χ2n) is 3.12. The second kappa shape index (κ2) is 3.13. The fourth-order valence-electron chi connectivity index (χ4n) is 1.20. The minimum Gasteiger partial charge on any atom is -0.371 e. The van der Waals surface area contributed by atoms with Crippen molar-refractivity contribution < 1.29 is 0 Å². The number of nitrogens with zero attached hydrogens (tertiary/aromatic N) is 4. The molecule has 2 rings (SSSR count). The summed E-state index contributed by atoms with van der Waals surface area (Å²) in [5.74, 6) is 1.41. The van der Waals surface area contributed by atoms with Crippen LogP contribution in [0.4, 0.5) is 11.8 Å². The molecule has 0 amide bonds. The highest BCUT2D eigenvalue weighted by atomic mass is 15.2. The van der Waals surface area contributed by atoms with Gasteiger partial charge in [0.15, 0.2) is 11.5 Å². The molecule has 2 N–H and O–H groups in total. The minimum absolute atomic E-state index is 0.647. The first-order chi connectivity index (χ1) is 6.72. The Labute approximate surface area is 81.4 Å². The number of fused-ring (bicyclic) bond motifs is 1. The summed E-state index contributed by atoms with van der Waals surface area (Å²) in [4.78, 5) is 17.5. The van der Waals surface area contributed by atoms with Gasteiger partial charge in [-0.15, -0.1) is 0 Å². The van der Waals surface area contributed by atoms with Crippen LogP contribution in [0.25, 0.3) is 11.2 Å². The van der Waals surface area contributed by atoms with Crippen molar-refractivity contribution in [1.29, 1.82) is 0 Å². The van der Waals surface area contributed by atoms with Crippen molar-refractivity contribution in [2.75, 3.05) is 31.4 Å². The first kappa shape index (κ1) is 8.74. The molecule has 0 spiro atoms. The molecule has 2 aromatic heterocycles. The maximum absolute atomic E-state index is 4.32. The molecule has 0 radical (unpaired) electrons. The van der Waals surface area contributed by atoms with Crippen molar-refractivity contribution in [3.63, 3.8) is 0 Å². The highest BCUT2D eigenvalue weighted by molar-refractivity contribution is 5.83. The number of anilines is 2. The lowest BCUT2D eigenvalue weighted by Gasteiger charge is -2.10. The molecule has 14 heavy (non-hydrogen) atoms. The van der Waals surface area contributed by atoms with Gasteiger partial charge in [0, 0.05) is 21.1 Å². The van der Waals surface area contributed by atoms with Gasteiger partial charge in [0.2, 0.25) is 5.95 Å². The van der Waals surface area contributed by atoms with Gasteiger partial charge in [-0.3, -0.25) is 0 Å². The molecular formula is C8H12N6. The van der Waals surface area contributed by atoms with E-state index in [9.17, 15) is 0 Å². The molecule has 6 nitrogen and oxygen atoms in total. The Bertz CT molecular complexity index is 446. The van der Waals surface area contributed by atoms with E-state index in [0.717, 1.165) is 11.3 Å². The van der Waals surface area contributed by atoms with E-state index >= 15 is 0 Å². The van der Waals surface area contributed by atoms with Crippen LogP contribution in [-0.4, -0.2) is 41.1 Å².